The lowest BCUT2D eigenvalue weighted by atomic mass is 10.9. The minimum Gasteiger partial charge on any atom is -0.344 e. The molecule has 5 heavy (non-hydrogen) atoms. The van der Waals surface area contributed by atoms with Gasteiger partial charge in [-0.1, -0.05) is 0 Å². The Morgan fingerprint density at radius 2 is 1.60 bits per heavy atom. The van der Waals surface area contributed by atoms with Crippen molar-refractivity contribution in [1.29, 1.82) is 0 Å². The van der Waals surface area contributed by atoms with E-state index < -0.39 is 6.17 Å². The van der Waals surface area contributed by atoms with E-state index in [9.17, 15) is 4.39 Å². The third-order valence-electron chi connectivity index (χ3n) is 0.507. The molecule has 0 spiro atoms. The van der Waals surface area contributed by atoms with E-state index in [-0.39, 0.29) is 6.15 Å². The van der Waals surface area contributed by atoms with E-state index in [1.54, 1.807) is 0 Å². The molecule has 0 heterocycles. The molecule has 1 fully saturated rings. The van der Waals surface area contributed by atoms with Crippen LogP contribution in [0.3, 0.4) is 0 Å². The maximum atomic E-state index is 11.1. The molecule has 0 aromatic carbocycles. The van der Waals surface area contributed by atoms with Gasteiger partial charge >= 0.3 is 0 Å². The lowest BCUT2D eigenvalue weighted by Gasteiger charge is -1.50. The van der Waals surface area contributed by atoms with Crippen molar-refractivity contribution < 1.29 is 4.39 Å². The van der Waals surface area contributed by atoms with Crippen LogP contribution >= 0.6 is 0 Å². The fourth-order valence-corrected chi connectivity index (χ4v) is 0.0630. The van der Waals surface area contributed by atoms with Crippen LogP contribution in [0.1, 0.15) is 12.8 Å². The molecule has 0 aromatic heterocycles. The Hall–Kier alpha value is -0.110. The Balaban J connectivity index is 0.000000160. The number of hydrogen-bond donors (Lipinski definition) is 1. The van der Waals surface area contributed by atoms with E-state index in [4.69, 9.17) is 0 Å². The number of rotatable bonds is 0. The van der Waals surface area contributed by atoms with Gasteiger partial charge in [-0.05, 0) is 12.8 Å². The smallest absolute Gasteiger partial charge is 0.100 e. The van der Waals surface area contributed by atoms with Gasteiger partial charge in [-0.2, -0.15) is 0 Å². The lowest BCUT2D eigenvalue weighted by molar-refractivity contribution is 0.480. The molecule has 0 unspecified atom stereocenters. The Kier molecular flexibility index (Phi) is 1.33. The highest BCUT2D eigenvalue weighted by Gasteiger charge is 2.18. The van der Waals surface area contributed by atoms with E-state index in [0.29, 0.717) is 0 Å². The Bertz CT molecular complexity index is 26.1. The molecule has 32 valence electrons. The van der Waals surface area contributed by atoms with Crippen molar-refractivity contribution in [2.24, 2.45) is 0 Å². The molecule has 0 radical (unpaired) electrons. The third kappa shape index (κ3) is 1.66. The largest absolute Gasteiger partial charge is 0.344 e. The van der Waals surface area contributed by atoms with Gasteiger partial charge in [-0.15, -0.1) is 0 Å². The molecule has 0 saturated heterocycles. The first-order chi connectivity index (χ1) is 1.89. The van der Waals surface area contributed by atoms with Crippen molar-refractivity contribution in [3.05, 3.63) is 0 Å². The summed E-state index contributed by atoms with van der Waals surface area (Å²) < 4.78 is 11.1. The zero-order valence-electron chi connectivity index (χ0n) is 3.08. The van der Waals surface area contributed by atoms with Gasteiger partial charge in [0.05, 0.1) is 0 Å². The molecule has 1 aliphatic rings. The summed E-state index contributed by atoms with van der Waals surface area (Å²) in [5.74, 6) is 0. The van der Waals surface area contributed by atoms with Gasteiger partial charge in [0, 0.05) is 0 Å². The fraction of sp³-hybridized carbons (Fsp3) is 1.00. The average molecular weight is 77.1 g/mol. The highest BCUT2D eigenvalue weighted by atomic mass is 19.1. The van der Waals surface area contributed by atoms with Gasteiger partial charge in [0.15, 0.2) is 0 Å². The van der Waals surface area contributed by atoms with Crippen LogP contribution in [0.4, 0.5) is 4.39 Å². The van der Waals surface area contributed by atoms with Gasteiger partial charge < -0.3 is 6.15 Å². The Morgan fingerprint density at radius 3 is 1.60 bits per heavy atom. The predicted octanol–water partition coefficient (Wildman–Crippen LogP) is 1.28. The zero-order chi connectivity index (χ0) is 2.99. The van der Waals surface area contributed by atoms with Gasteiger partial charge in [0.2, 0.25) is 0 Å². The summed E-state index contributed by atoms with van der Waals surface area (Å²) in [5.41, 5.74) is 0. The van der Waals surface area contributed by atoms with Gasteiger partial charge in [0.1, 0.15) is 6.17 Å². The van der Waals surface area contributed by atoms with Gasteiger partial charge in [-0.25, -0.2) is 4.39 Å². The number of alkyl halides is 1. The van der Waals surface area contributed by atoms with E-state index in [2.05, 4.69) is 0 Å². The summed E-state index contributed by atoms with van der Waals surface area (Å²) in [6.07, 6.45) is 1.22. The lowest BCUT2D eigenvalue weighted by Crippen LogP contribution is -1.49. The van der Waals surface area contributed by atoms with Crippen LogP contribution in [-0.4, -0.2) is 6.17 Å². The first-order valence-electron chi connectivity index (χ1n) is 1.53. The highest BCUT2D eigenvalue weighted by Crippen LogP contribution is 2.22. The monoisotopic (exact) mass is 77.1 g/mol. The molecular formula is C3H8FN. The first kappa shape index (κ1) is 4.89. The molecular weight excluding hydrogens is 69.0 g/mol. The summed E-state index contributed by atoms with van der Waals surface area (Å²) in [5, 5.41) is 0. The molecule has 1 saturated carbocycles. The van der Waals surface area contributed by atoms with Gasteiger partial charge in [0.25, 0.3) is 0 Å². The molecule has 1 rings (SSSR count). The average Bonchev–Trinajstić information content (AvgIpc) is 1.75. The van der Waals surface area contributed by atoms with Crippen molar-refractivity contribution in [2.45, 2.75) is 19.0 Å². The van der Waals surface area contributed by atoms with Crippen molar-refractivity contribution in [3.63, 3.8) is 0 Å². The predicted molar refractivity (Wildman–Crippen MR) is 19.2 cm³/mol. The van der Waals surface area contributed by atoms with E-state index in [1.165, 1.54) is 0 Å². The van der Waals surface area contributed by atoms with Crippen LogP contribution in [0.15, 0.2) is 0 Å². The Labute approximate surface area is 30.8 Å². The summed E-state index contributed by atoms with van der Waals surface area (Å²) in [6, 6.07) is 0. The standard InChI is InChI=1S/C3H5F.H3N/c4-3-1-2-3;/h3H,1-2H2;1H3. The molecule has 1 aliphatic carbocycles. The molecule has 2 heteroatoms. The molecule has 3 N–H and O–H groups in total. The SMILES string of the molecule is FC1CC1.N. The van der Waals surface area contributed by atoms with Crippen LogP contribution in [0, 0.1) is 0 Å². The van der Waals surface area contributed by atoms with Crippen molar-refractivity contribution >= 4 is 0 Å². The quantitative estimate of drug-likeness (QED) is 0.464. The van der Waals surface area contributed by atoms with Crippen molar-refractivity contribution in [2.75, 3.05) is 0 Å². The third-order valence-corrected chi connectivity index (χ3v) is 0.507. The second kappa shape index (κ2) is 1.36. The second-order valence-electron chi connectivity index (χ2n) is 1.17. The maximum absolute atomic E-state index is 11.1. The maximum Gasteiger partial charge on any atom is 0.100 e. The summed E-state index contributed by atoms with van der Waals surface area (Å²) >= 11 is 0. The topological polar surface area (TPSA) is 35.0 Å². The normalized spacial score (nSPS) is 21.0. The van der Waals surface area contributed by atoms with Crippen LogP contribution in [0.25, 0.3) is 0 Å². The Morgan fingerprint density at radius 1 is 1.40 bits per heavy atom. The van der Waals surface area contributed by atoms with E-state index in [1.807, 2.05) is 0 Å². The molecule has 0 amide bonds. The number of halogens is 1. The minimum absolute atomic E-state index is 0. The molecule has 1 nitrogen and oxygen atoms in total. The zero-order valence-corrected chi connectivity index (χ0v) is 3.08. The van der Waals surface area contributed by atoms with E-state index in [0.717, 1.165) is 12.8 Å². The molecule has 0 aliphatic heterocycles. The summed E-state index contributed by atoms with van der Waals surface area (Å²) in [6.45, 7) is 0. The van der Waals surface area contributed by atoms with Crippen LogP contribution < -0.4 is 6.15 Å². The highest BCUT2D eigenvalue weighted by molar-refractivity contribution is 4.69. The molecule has 0 aromatic rings. The summed E-state index contributed by atoms with van der Waals surface area (Å²) in [7, 11) is 0. The fourth-order valence-electron chi connectivity index (χ4n) is 0.0630. The van der Waals surface area contributed by atoms with Crippen molar-refractivity contribution in [1.82, 2.24) is 6.15 Å². The second-order valence-corrected chi connectivity index (χ2v) is 1.17. The van der Waals surface area contributed by atoms with Crippen LogP contribution in [-0.2, 0) is 0 Å². The molecule has 0 bridgehead atoms. The summed E-state index contributed by atoms with van der Waals surface area (Å²) in [4.78, 5) is 0. The van der Waals surface area contributed by atoms with Crippen LogP contribution in [0.5, 0.6) is 0 Å². The van der Waals surface area contributed by atoms with Crippen molar-refractivity contribution in [3.8, 4) is 0 Å². The van der Waals surface area contributed by atoms with Gasteiger partial charge in [-0.3, -0.25) is 0 Å². The number of hydrogen-bond acceptors (Lipinski definition) is 1. The minimum atomic E-state index is -0.417. The van der Waals surface area contributed by atoms with Crippen LogP contribution in [0.2, 0.25) is 0 Å². The van der Waals surface area contributed by atoms with E-state index >= 15 is 0 Å². The molecule has 0 atom stereocenters. The first-order valence-corrected chi connectivity index (χ1v) is 1.53.